The van der Waals surface area contributed by atoms with Crippen LogP contribution in [0.25, 0.3) is 0 Å². The van der Waals surface area contributed by atoms with Gasteiger partial charge in [0.1, 0.15) is 12.4 Å². The van der Waals surface area contributed by atoms with Crippen molar-refractivity contribution in [2.45, 2.75) is 0 Å². The van der Waals surface area contributed by atoms with Crippen LogP contribution < -0.4 is 16.0 Å². The van der Waals surface area contributed by atoms with Gasteiger partial charge in [0, 0.05) is 6.20 Å². The van der Waals surface area contributed by atoms with Crippen LogP contribution in [-0.4, -0.2) is 23.3 Å². The normalized spacial score (nSPS) is 13.6. The summed E-state index contributed by atoms with van der Waals surface area (Å²) in [6.07, 6.45) is 1.32. The zero-order valence-electron chi connectivity index (χ0n) is 10.8. The number of nitrogen functional groups attached to an aromatic ring is 1. The second-order valence-electron chi connectivity index (χ2n) is 4.55. The van der Waals surface area contributed by atoms with Crippen LogP contribution in [0.1, 0.15) is 10.4 Å². The molecular weight excluding hydrogens is 292 g/mol. The molecule has 0 fully saturated rings. The van der Waals surface area contributed by atoms with Crippen LogP contribution in [0.5, 0.6) is 0 Å². The summed E-state index contributed by atoms with van der Waals surface area (Å²) in [5.74, 6) is -0.464. The summed E-state index contributed by atoms with van der Waals surface area (Å²) in [5.41, 5.74) is 7.02. The van der Waals surface area contributed by atoms with Crippen LogP contribution >= 0.6 is 11.6 Å². The van der Waals surface area contributed by atoms with Crippen molar-refractivity contribution in [1.82, 2.24) is 4.98 Å². The predicted octanol–water partition coefficient (Wildman–Crippen LogP) is 1.92. The van der Waals surface area contributed by atoms with Gasteiger partial charge in [0.05, 0.1) is 22.0 Å². The number of halogens is 1. The van der Waals surface area contributed by atoms with Gasteiger partial charge < -0.3 is 11.1 Å². The maximum atomic E-state index is 12.7. The summed E-state index contributed by atoms with van der Waals surface area (Å²) in [4.78, 5) is 29.6. The molecule has 1 aromatic heterocycles. The maximum absolute atomic E-state index is 12.7. The number of nitrogens with zero attached hydrogens (tertiary/aromatic N) is 2. The zero-order chi connectivity index (χ0) is 15.0. The third-order valence-electron chi connectivity index (χ3n) is 3.12. The van der Waals surface area contributed by atoms with E-state index < -0.39 is 5.91 Å². The Morgan fingerprint density at radius 1 is 1.38 bits per heavy atom. The molecule has 21 heavy (non-hydrogen) atoms. The van der Waals surface area contributed by atoms with Gasteiger partial charge in [0.15, 0.2) is 0 Å². The van der Waals surface area contributed by atoms with E-state index in [1.165, 1.54) is 17.2 Å². The highest BCUT2D eigenvalue weighted by Gasteiger charge is 2.28. The number of amides is 2. The van der Waals surface area contributed by atoms with E-state index in [9.17, 15) is 9.59 Å². The van der Waals surface area contributed by atoms with Gasteiger partial charge in [-0.25, -0.2) is 4.98 Å². The number of hydrogen-bond acceptors (Lipinski definition) is 4. The lowest BCUT2D eigenvalue weighted by molar-refractivity contribution is -0.115. The van der Waals surface area contributed by atoms with Crippen LogP contribution in [0.15, 0.2) is 36.5 Å². The van der Waals surface area contributed by atoms with Crippen LogP contribution in [0.3, 0.4) is 0 Å². The van der Waals surface area contributed by atoms with Crippen molar-refractivity contribution in [2.24, 2.45) is 0 Å². The summed E-state index contributed by atoms with van der Waals surface area (Å²) in [5, 5.41) is 2.91. The molecule has 1 aromatic carbocycles. The molecule has 0 atom stereocenters. The molecule has 3 rings (SSSR count). The first-order valence-electron chi connectivity index (χ1n) is 6.18. The monoisotopic (exact) mass is 302 g/mol. The molecule has 7 heteroatoms. The predicted molar refractivity (Wildman–Crippen MR) is 80.4 cm³/mol. The minimum Gasteiger partial charge on any atom is -0.384 e. The quantitative estimate of drug-likeness (QED) is 0.842. The number of pyridine rings is 1. The van der Waals surface area contributed by atoms with Gasteiger partial charge in [-0.1, -0.05) is 23.7 Å². The van der Waals surface area contributed by atoms with E-state index in [1.54, 1.807) is 24.3 Å². The minimum atomic E-state index is -0.392. The molecule has 2 aromatic rings. The molecule has 0 bridgehead atoms. The number of carbonyl (C=O) groups is 2. The van der Waals surface area contributed by atoms with Crippen molar-refractivity contribution < 1.29 is 9.59 Å². The fraction of sp³-hybridized carbons (Fsp3) is 0.0714. The van der Waals surface area contributed by atoms with Gasteiger partial charge >= 0.3 is 0 Å². The summed E-state index contributed by atoms with van der Waals surface area (Å²) in [7, 11) is 0. The second-order valence-corrected chi connectivity index (χ2v) is 4.95. The Hall–Kier alpha value is -2.60. The number of anilines is 3. The second kappa shape index (κ2) is 5.06. The molecule has 2 amide bonds. The van der Waals surface area contributed by atoms with E-state index >= 15 is 0 Å². The molecule has 0 unspecified atom stereocenters. The standard InChI is InChI=1S/C14H11ClN4O2/c15-9-6-17-12(16)5-8(9)14(21)19-7-13(20)18-10-3-1-2-4-11(10)19/h1-6H,7H2,(H2,16,17)(H,18,20). The van der Waals surface area contributed by atoms with Gasteiger partial charge in [-0.3, -0.25) is 14.5 Å². The van der Waals surface area contributed by atoms with Crippen molar-refractivity contribution in [2.75, 3.05) is 22.5 Å². The largest absolute Gasteiger partial charge is 0.384 e. The Kier molecular flexibility index (Phi) is 3.23. The lowest BCUT2D eigenvalue weighted by atomic mass is 10.1. The van der Waals surface area contributed by atoms with Crippen LogP contribution in [0.2, 0.25) is 5.02 Å². The molecule has 2 heterocycles. The molecule has 0 spiro atoms. The molecule has 0 aliphatic carbocycles. The van der Waals surface area contributed by atoms with E-state index in [2.05, 4.69) is 10.3 Å². The highest BCUT2D eigenvalue weighted by atomic mass is 35.5. The van der Waals surface area contributed by atoms with E-state index in [0.717, 1.165) is 0 Å². The van der Waals surface area contributed by atoms with Crippen LogP contribution in [-0.2, 0) is 4.79 Å². The lowest BCUT2D eigenvalue weighted by Gasteiger charge is -2.29. The van der Waals surface area contributed by atoms with Gasteiger partial charge in [-0.05, 0) is 18.2 Å². The Morgan fingerprint density at radius 3 is 2.95 bits per heavy atom. The van der Waals surface area contributed by atoms with E-state index in [1.807, 2.05) is 0 Å². The molecule has 0 saturated carbocycles. The van der Waals surface area contributed by atoms with Crippen molar-refractivity contribution in [3.8, 4) is 0 Å². The van der Waals surface area contributed by atoms with Crippen molar-refractivity contribution >= 4 is 40.6 Å². The maximum Gasteiger partial charge on any atom is 0.260 e. The first kappa shape index (κ1) is 13.4. The number of hydrogen-bond donors (Lipinski definition) is 2. The van der Waals surface area contributed by atoms with E-state index in [-0.39, 0.29) is 28.9 Å². The fourth-order valence-corrected chi connectivity index (χ4v) is 2.36. The molecule has 3 N–H and O–H groups in total. The van der Waals surface area contributed by atoms with Crippen molar-refractivity contribution in [3.05, 3.63) is 47.1 Å². The SMILES string of the molecule is Nc1cc(C(=O)N2CC(=O)Nc3ccccc32)c(Cl)cn1. The lowest BCUT2D eigenvalue weighted by Crippen LogP contribution is -2.42. The number of rotatable bonds is 1. The summed E-state index contributed by atoms with van der Waals surface area (Å²) in [6.45, 7) is -0.0750. The van der Waals surface area contributed by atoms with Gasteiger partial charge in [0.2, 0.25) is 5.91 Å². The number of fused-ring (bicyclic) bond motifs is 1. The number of aromatic nitrogens is 1. The highest BCUT2D eigenvalue weighted by Crippen LogP contribution is 2.31. The van der Waals surface area contributed by atoms with E-state index in [4.69, 9.17) is 17.3 Å². The number of nitrogens with two attached hydrogens (primary N) is 1. The number of carbonyl (C=O) groups excluding carboxylic acids is 2. The Bertz CT molecular complexity index is 748. The smallest absolute Gasteiger partial charge is 0.260 e. The Labute approximate surface area is 125 Å². The number of benzene rings is 1. The highest BCUT2D eigenvalue weighted by molar-refractivity contribution is 6.34. The minimum absolute atomic E-state index is 0.0750. The molecule has 0 saturated heterocycles. The molecule has 1 aliphatic rings. The van der Waals surface area contributed by atoms with E-state index in [0.29, 0.717) is 11.4 Å². The van der Waals surface area contributed by atoms with Gasteiger partial charge in [-0.15, -0.1) is 0 Å². The number of para-hydroxylation sites is 2. The summed E-state index contributed by atoms with van der Waals surface area (Å²) in [6, 6.07) is 8.46. The molecule has 0 radical (unpaired) electrons. The van der Waals surface area contributed by atoms with Crippen LogP contribution in [0, 0.1) is 0 Å². The summed E-state index contributed by atoms with van der Waals surface area (Å²) < 4.78 is 0. The average molecular weight is 303 g/mol. The first-order chi connectivity index (χ1) is 10.1. The third-order valence-corrected chi connectivity index (χ3v) is 3.42. The molecular formula is C14H11ClN4O2. The van der Waals surface area contributed by atoms with Gasteiger partial charge in [-0.2, -0.15) is 0 Å². The third kappa shape index (κ3) is 2.41. The average Bonchev–Trinajstić information content (AvgIpc) is 2.48. The molecule has 1 aliphatic heterocycles. The topological polar surface area (TPSA) is 88.3 Å². The van der Waals surface area contributed by atoms with Crippen LogP contribution in [0.4, 0.5) is 17.2 Å². The van der Waals surface area contributed by atoms with Crippen molar-refractivity contribution in [3.63, 3.8) is 0 Å². The zero-order valence-corrected chi connectivity index (χ0v) is 11.6. The molecule has 6 nitrogen and oxygen atoms in total. The van der Waals surface area contributed by atoms with Crippen molar-refractivity contribution in [1.29, 1.82) is 0 Å². The molecule has 106 valence electrons. The summed E-state index contributed by atoms with van der Waals surface area (Å²) >= 11 is 6.01. The Morgan fingerprint density at radius 2 is 2.14 bits per heavy atom. The fourth-order valence-electron chi connectivity index (χ4n) is 2.18. The Balaban J connectivity index is 2.06. The van der Waals surface area contributed by atoms with Gasteiger partial charge in [0.25, 0.3) is 5.91 Å². The number of nitrogens with one attached hydrogen (secondary N) is 1. The first-order valence-corrected chi connectivity index (χ1v) is 6.56.